The summed E-state index contributed by atoms with van der Waals surface area (Å²) in [5.41, 5.74) is 5.12. The molecule has 90 valence electrons. The van der Waals surface area contributed by atoms with Crippen LogP contribution in [0.1, 0.15) is 37.8 Å². The molecular formula is C15H20N2. The molecule has 2 unspecified atom stereocenters. The van der Waals surface area contributed by atoms with Crippen molar-refractivity contribution in [2.45, 2.75) is 44.2 Å². The Bertz CT molecular complexity index is 496. The van der Waals surface area contributed by atoms with Gasteiger partial charge < -0.3 is 4.90 Å². The van der Waals surface area contributed by atoms with Crippen LogP contribution in [0.5, 0.6) is 0 Å². The standard InChI is InChI=1S/C15H20N2/c1-14-8-4-9-16-15(14,2)17-10-7-11-5-3-6-12(14)13(11)17/h3,5-6,16H,4,7-10H2,1-2H3. The van der Waals surface area contributed by atoms with Gasteiger partial charge in [0.05, 0.1) is 5.66 Å². The van der Waals surface area contributed by atoms with Gasteiger partial charge in [0.25, 0.3) is 0 Å². The molecule has 3 aliphatic rings. The van der Waals surface area contributed by atoms with Gasteiger partial charge in [0.1, 0.15) is 0 Å². The number of rotatable bonds is 0. The van der Waals surface area contributed by atoms with Gasteiger partial charge in [-0.1, -0.05) is 25.1 Å². The lowest BCUT2D eigenvalue weighted by Crippen LogP contribution is -2.66. The number of para-hydroxylation sites is 1. The maximum Gasteiger partial charge on any atom is 0.0976 e. The molecule has 0 radical (unpaired) electrons. The number of fused-ring (bicyclic) bond motifs is 3. The molecule has 0 saturated carbocycles. The van der Waals surface area contributed by atoms with Crippen molar-refractivity contribution >= 4 is 5.69 Å². The second-order valence-corrected chi connectivity index (χ2v) is 6.15. The van der Waals surface area contributed by atoms with E-state index in [4.69, 9.17) is 0 Å². The van der Waals surface area contributed by atoms with Crippen LogP contribution in [0.15, 0.2) is 18.2 Å². The van der Waals surface area contributed by atoms with E-state index in [1.807, 2.05) is 0 Å². The van der Waals surface area contributed by atoms with Crippen LogP contribution in [0.25, 0.3) is 0 Å². The first-order valence-electron chi connectivity index (χ1n) is 6.82. The van der Waals surface area contributed by atoms with Gasteiger partial charge in [-0.05, 0) is 43.9 Å². The Kier molecular flexibility index (Phi) is 1.68. The highest BCUT2D eigenvalue weighted by atomic mass is 15.4. The summed E-state index contributed by atoms with van der Waals surface area (Å²) in [4.78, 5) is 2.64. The van der Waals surface area contributed by atoms with Gasteiger partial charge in [0, 0.05) is 17.6 Å². The van der Waals surface area contributed by atoms with Crippen LogP contribution >= 0.6 is 0 Å². The van der Waals surface area contributed by atoms with Gasteiger partial charge in [0.2, 0.25) is 0 Å². The minimum atomic E-state index is 0.139. The molecule has 1 N–H and O–H groups in total. The third-order valence-electron chi connectivity index (χ3n) is 5.53. The molecule has 2 heteroatoms. The minimum Gasteiger partial charge on any atom is -0.352 e. The Morgan fingerprint density at radius 1 is 1.29 bits per heavy atom. The smallest absolute Gasteiger partial charge is 0.0976 e. The van der Waals surface area contributed by atoms with E-state index in [2.05, 4.69) is 42.3 Å². The lowest BCUT2D eigenvalue weighted by molar-refractivity contribution is 0.160. The van der Waals surface area contributed by atoms with Crippen molar-refractivity contribution in [3.8, 4) is 0 Å². The monoisotopic (exact) mass is 228 g/mol. The largest absolute Gasteiger partial charge is 0.352 e. The summed E-state index contributed by atoms with van der Waals surface area (Å²) in [6.45, 7) is 7.20. The Balaban J connectivity index is 2.02. The van der Waals surface area contributed by atoms with Crippen LogP contribution in [0, 0.1) is 0 Å². The number of nitrogens with one attached hydrogen (secondary N) is 1. The zero-order chi connectivity index (χ0) is 11.7. The van der Waals surface area contributed by atoms with Crippen LogP contribution in [0.3, 0.4) is 0 Å². The van der Waals surface area contributed by atoms with Crippen LogP contribution in [-0.2, 0) is 11.8 Å². The highest BCUT2D eigenvalue weighted by Crippen LogP contribution is 2.57. The average Bonchev–Trinajstić information content (AvgIpc) is 2.84. The highest BCUT2D eigenvalue weighted by Gasteiger charge is 2.58. The van der Waals surface area contributed by atoms with E-state index in [0.717, 1.165) is 6.54 Å². The molecule has 3 heterocycles. The molecule has 4 rings (SSSR count). The summed E-state index contributed by atoms with van der Waals surface area (Å²) in [5.74, 6) is 0. The van der Waals surface area contributed by atoms with Crippen molar-refractivity contribution in [1.29, 1.82) is 0 Å². The lowest BCUT2D eigenvalue weighted by atomic mass is 9.69. The van der Waals surface area contributed by atoms with Gasteiger partial charge in [-0.15, -0.1) is 0 Å². The van der Waals surface area contributed by atoms with Crippen molar-refractivity contribution in [3.05, 3.63) is 29.3 Å². The molecule has 0 aromatic heterocycles. The van der Waals surface area contributed by atoms with E-state index in [1.54, 1.807) is 16.8 Å². The van der Waals surface area contributed by atoms with Crippen molar-refractivity contribution in [2.24, 2.45) is 0 Å². The second kappa shape index (κ2) is 2.86. The van der Waals surface area contributed by atoms with Crippen molar-refractivity contribution in [2.75, 3.05) is 18.0 Å². The Labute approximate surface area is 103 Å². The number of hydrogen-bond donors (Lipinski definition) is 1. The van der Waals surface area contributed by atoms with E-state index < -0.39 is 0 Å². The zero-order valence-corrected chi connectivity index (χ0v) is 10.7. The number of hydrogen-bond acceptors (Lipinski definition) is 2. The maximum absolute atomic E-state index is 3.81. The Morgan fingerprint density at radius 2 is 2.18 bits per heavy atom. The van der Waals surface area contributed by atoms with Crippen molar-refractivity contribution < 1.29 is 0 Å². The summed E-state index contributed by atoms with van der Waals surface area (Å²) in [7, 11) is 0. The molecule has 1 aromatic carbocycles. The number of piperidine rings is 1. The fourth-order valence-corrected chi connectivity index (χ4v) is 4.35. The van der Waals surface area contributed by atoms with E-state index in [9.17, 15) is 0 Å². The highest BCUT2D eigenvalue weighted by molar-refractivity contribution is 5.73. The summed E-state index contributed by atoms with van der Waals surface area (Å²) in [5, 5.41) is 3.81. The summed E-state index contributed by atoms with van der Waals surface area (Å²) in [6.07, 6.45) is 3.82. The minimum absolute atomic E-state index is 0.139. The summed E-state index contributed by atoms with van der Waals surface area (Å²) < 4.78 is 0. The van der Waals surface area contributed by atoms with Crippen LogP contribution in [-0.4, -0.2) is 18.8 Å². The maximum atomic E-state index is 3.81. The van der Waals surface area contributed by atoms with E-state index >= 15 is 0 Å². The van der Waals surface area contributed by atoms with E-state index in [0.29, 0.717) is 0 Å². The number of anilines is 1. The van der Waals surface area contributed by atoms with E-state index in [1.165, 1.54) is 25.8 Å². The molecule has 2 atom stereocenters. The predicted molar refractivity (Wildman–Crippen MR) is 70.5 cm³/mol. The van der Waals surface area contributed by atoms with Gasteiger partial charge >= 0.3 is 0 Å². The van der Waals surface area contributed by atoms with Crippen LogP contribution in [0.4, 0.5) is 5.69 Å². The molecule has 0 amide bonds. The van der Waals surface area contributed by atoms with E-state index in [-0.39, 0.29) is 11.1 Å². The molecule has 1 saturated heterocycles. The first kappa shape index (κ1) is 9.95. The quantitative estimate of drug-likeness (QED) is 0.733. The van der Waals surface area contributed by atoms with Crippen molar-refractivity contribution in [3.63, 3.8) is 0 Å². The van der Waals surface area contributed by atoms with Crippen LogP contribution in [0.2, 0.25) is 0 Å². The van der Waals surface area contributed by atoms with Gasteiger partial charge in [0.15, 0.2) is 0 Å². The van der Waals surface area contributed by atoms with Gasteiger partial charge in [-0.3, -0.25) is 5.32 Å². The first-order chi connectivity index (χ1) is 8.17. The predicted octanol–water partition coefficient (Wildman–Crippen LogP) is 2.42. The average molecular weight is 228 g/mol. The normalized spacial score (nSPS) is 38.1. The third-order valence-corrected chi connectivity index (χ3v) is 5.53. The molecule has 2 nitrogen and oxygen atoms in total. The van der Waals surface area contributed by atoms with Crippen LogP contribution < -0.4 is 10.2 Å². The fraction of sp³-hybridized carbons (Fsp3) is 0.600. The Hall–Kier alpha value is -1.02. The summed E-state index contributed by atoms with van der Waals surface area (Å²) in [6, 6.07) is 6.92. The third kappa shape index (κ3) is 0.934. The zero-order valence-electron chi connectivity index (χ0n) is 10.7. The molecule has 17 heavy (non-hydrogen) atoms. The molecule has 1 aromatic rings. The topological polar surface area (TPSA) is 15.3 Å². The van der Waals surface area contributed by atoms with Gasteiger partial charge in [-0.2, -0.15) is 0 Å². The fourth-order valence-electron chi connectivity index (χ4n) is 4.35. The first-order valence-corrected chi connectivity index (χ1v) is 6.82. The lowest BCUT2D eigenvalue weighted by Gasteiger charge is -2.50. The SMILES string of the molecule is CC12CCCNC1(C)N1CCc3cccc2c31. The molecule has 0 spiro atoms. The summed E-state index contributed by atoms with van der Waals surface area (Å²) >= 11 is 0. The second-order valence-electron chi connectivity index (χ2n) is 6.15. The van der Waals surface area contributed by atoms with Crippen molar-refractivity contribution in [1.82, 2.24) is 5.32 Å². The molecule has 1 fully saturated rings. The number of nitrogens with zero attached hydrogens (tertiary/aromatic N) is 1. The van der Waals surface area contributed by atoms with Gasteiger partial charge in [-0.25, -0.2) is 0 Å². The molecule has 0 bridgehead atoms. The molecule has 0 aliphatic carbocycles. The molecule has 3 aliphatic heterocycles. The Morgan fingerprint density at radius 3 is 3.06 bits per heavy atom. The number of benzene rings is 1. The molecular weight excluding hydrogens is 208 g/mol.